The van der Waals surface area contributed by atoms with Crippen LogP contribution in [0, 0.1) is 0 Å². The minimum absolute atomic E-state index is 0.0316. The summed E-state index contributed by atoms with van der Waals surface area (Å²) in [6.07, 6.45) is 46.9. The molecule has 0 aliphatic carbocycles. The molecule has 58 heavy (non-hydrogen) atoms. The van der Waals surface area contributed by atoms with Crippen LogP contribution in [0.3, 0.4) is 0 Å². The molecule has 1 unspecified atom stereocenters. The molecule has 0 saturated heterocycles. The molecule has 2 atom stereocenters. The van der Waals surface area contributed by atoms with Gasteiger partial charge in [-0.15, -0.1) is 0 Å². The van der Waals surface area contributed by atoms with E-state index in [0.29, 0.717) is 24.1 Å². The standard InChI is InChI=1S/C49H100NO7P/c1-6-8-10-12-14-16-18-20-22-23-24-25-26-27-28-29-30-32-34-36-38-40-42-49(51)57-48(47-56-58(52,53)55-45-43-50(3,4)5)46-54-44-41-39-37-35-33-31-21-19-17-15-13-11-9-7-2/h48H,6-47H2,1-5H3/t48-/m1/s1. The van der Waals surface area contributed by atoms with Crippen molar-refractivity contribution in [2.75, 3.05) is 54.1 Å². The molecule has 0 rings (SSSR count). The van der Waals surface area contributed by atoms with Crippen LogP contribution in [0.5, 0.6) is 0 Å². The number of ether oxygens (including phenoxy) is 2. The second-order valence-corrected chi connectivity index (χ2v) is 20.0. The highest BCUT2D eigenvalue weighted by Gasteiger charge is 2.20. The van der Waals surface area contributed by atoms with Gasteiger partial charge in [0.15, 0.2) is 0 Å². The van der Waals surface area contributed by atoms with E-state index in [0.717, 1.165) is 32.1 Å². The molecule has 0 radical (unpaired) electrons. The van der Waals surface area contributed by atoms with E-state index in [2.05, 4.69) is 13.8 Å². The van der Waals surface area contributed by atoms with Gasteiger partial charge in [-0.1, -0.05) is 232 Å². The Hall–Kier alpha value is -0.500. The van der Waals surface area contributed by atoms with Gasteiger partial charge in [-0.2, -0.15) is 0 Å². The van der Waals surface area contributed by atoms with Crippen LogP contribution >= 0.6 is 7.82 Å². The molecule has 0 aliphatic heterocycles. The van der Waals surface area contributed by atoms with Crippen molar-refractivity contribution in [1.29, 1.82) is 0 Å². The highest BCUT2D eigenvalue weighted by Crippen LogP contribution is 2.38. The molecular weight excluding hydrogens is 746 g/mol. The molecule has 0 N–H and O–H groups in total. The first kappa shape index (κ1) is 57.5. The van der Waals surface area contributed by atoms with Gasteiger partial charge in [-0.25, -0.2) is 0 Å². The van der Waals surface area contributed by atoms with E-state index < -0.39 is 13.9 Å². The number of hydrogen-bond donors (Lipinski definition) is 0. The first-order chi connectivity index (χ1) is 28.1. The number of phosphoric ester groups is 1. The Balaban J connectivity index is 4.06. The molecule has 0 amide bonds. The summed E-state index contributed by atoms with van der Waals surface area (Å²) in [7, 11) is 1.38. The Kier molecular flexibility index (Phi) is 42.8. The summed E-state index contributed by atoms with van der Waals surface area (Å²) in [5.41, 5.74) is 0. The molecule has 0 fully saturated rings. The van der Waals surface area contributed by atoms with Gasteiger partial charge in [0.05, 0.1) is 34.4 Å². The number of esters is 1. The van der Waals surface area contributed by atoms with Crippen molar-refractivity contribution in [2.24, 2.45) is 0 Å². The fourth-order valence-electron chi connectivity index (χ4n) is 7.49. The van der Waals surface area contributed by atoms with Crippen molar-refractivity contribution in [3.63, 3.8) is 0 Å². The Morgan fingerprint density at radius 1 is 0.466 bits per heavy atom. The maximum atomic E-state index is 12.7. The molecule has 0 heterocycles. The quantitative estimate of drug-likeness (QED) is 0.0260. The number of nitrogens with zero attached hydrogens (tertiary/aromatic N) is 1. The van der Waals surface area contributed by atoms with Crippen LogP contribution in [0.15, 0.2) is 0 Å². The lowest BCUT2D eigenvalue weighted by atomic mass is 10.0. The maximum Gasteiger partial charge on any atom is 0.306 e. The molecule has 0 aromatic heterocycles. The lowest BCUT2D eigenvalue weighted by molar-refractivity contribution is -0.870. The molecule has 8 nitrogen and oxygen atoms in total. The van der Waals surface area contributed by atoms with Gasteiger partial charge in [-0.05, 0) is 12.8 Å². The molecule has 0 aromatic rings. The normalized spacial score (nSPS) is 13.6. The number of carbonyl (C=O) groups excluding carboxylic acids is 1. The third-order valence-electron chi connectivity index (χ3n) is 11.4. The van der Waals surface area contributed by atoms with Crippen molar-refractivity contribution in [2.45, 2.75) is 258 Å². The van der Waals surface area contributed by atoms with Crippen LogP contribution in [0.25, 0.3) is 0 Å². The average Bonchev–Trinajstić information content (AvgIpc) is 3.18. The van der Waals surface area contributed by atoms with Crippen LogP contribution in [-0.2, 0) is 27.9 Å². The second kappa shape index (κ2) is 43.2. The van der Waals surface area contributed by atoms with Gasteiger partial charge in [-0.3, -0.25) is 9.36 Å². The van der Waals surface area contributed by atoms with Crippen LogP contribution in [0.2, 0.25) is 0 Å². The molecule has 9 heteroatoms. The van der Waals surface area contributed by atoms with Crippen molar-refractivity contribution < 1.29 is 37.3 Å². The van der Waals surface area contributed by atoms with Gasteiger partial charge in [0.1, 0.15) is 19.3 Å². The average molecular weight is 846 g/mol. The molecule has 0 spiro atoms. The van der Waals surface area contributed by atoms with E-state index >= 15 is 0 Å². The number of quaternary nitrogens is 1. The number of likely N-dealkylation sites (N-methyl/N-ethyl adjacent to an activating group) is 1. The van der Waals surface area contributed by atoms with Gasteiger partial charge in [0.25, 0.3) is 7.82 Å². The topological polar surface area (TPSA) is 94.1 Å². The number of unbranched alkanes of at least 4 members (excludes halogenated alkanes) is 34. The number of hydrogen-bond acceptors (Lipinski definition) is 7. The molecule has 0 saturated carbocycles. The van der Waals surface area contributed by atoms with Gasteiger partial charge in [0.2, 0.25) is 0 Å². The van der Waals surface area contributed by atoms with Gasteiger partial charge < -0.3 is 27.9 Å². The van der Waals surface area contributed by atoms with Gasteiger partial charge in [0, 0.05) is 13.0 Å². The zero-order chi connectivity index (χ0) is 42.7. The summed E-state index contributed by atoms with van der Waals surface area (Å²) in [5, 5.41) is 0. The predicted molar refractivity (Wildman–Crippen MR) is 245 cm³/mol. The van der Waals surface area contributed by atoms with E-state index in [-0.39, 0.29) is 25.8 Å². The Morgan fingerprint density at radius 3 is 1.14 bits per heavy atom. The zero-order valence-electron chi connectivity index (χ0n) is 39.5. The summed E-state index contributed by atoms with van der Waals surface area (Å²) in [4.78, 5) is 25.1. The van der Waals surface area contributed by atoms with Gasteiger partial charge >= 0.3 is 5.97 Å². The Bertz CT molecular complexity index is 899. The van der Waals surface area contributed by atoms with Crippen molar-refractivity contribution in [1.82, 2.24) is 0 Å². The summed E-state index contributed by atoms with van der Waals surface area (Å²) in [6, 6.07) is 0. The molecule has 0 aromatic carbocycles. The maximum absolute atomic E-state index is 12.7. The molecule has 0 bridgehead atoms. The molecule has 348 valence electrons. The van der Waals surface area contributed by atoms with Crippen LogP contribution in [0.4, 0.5) is 0 Å². The molecule has 0 aliphatic rings. The third kappa shape index (κ3) is 46.6. The Morgan fingerprint density at radius 2 is 0.793 bits per heavy atom. The SMILES string of the molecule is CCCCCCCCCCCCCCCCCCCCCCCCC(=O)O[C@H](COCCCCCCCCCCCCCCCC)COP(=O)([O-])OCC[N+](C)(C)C. The van der Waals surface area contributed by atoms with Crippen molar-refractivity contribution >= 4 is 13.8 Å². The minimum Gasteiger partial charge on any atom is -0.756 e. The fraction of sp³-hybridized carbons (Fsp3) is 0.980. The summed E-state index contributed by atoms with van der Waals surface area (Å²) in [6.45, 7) is 5.49. The van der Waals surface area contributed by atoms with Crippen LogP contribution < -0.4 is 4.89 Å². The van der Waals surface area contributed by atoms with E-state index in [4.69, 9.17) is 18.5 Å². The highest BCUT2D eigenvalue weighted by atomic mass is 31.2. The number of phosphoric acid groups is 1. The molecular formula is C49H100NO7P. The predicted octanol–water partition coefficient (Wildman–Crippen LogP) is 14.6. The van der Waals surface area contributed by atoms with Crippen molar-refractivity contribution in [3.05, 3.63) is 0 Å². The van der Waals surface area contributed by atoms with E-state index in [1.807, 2.05) is 21.1 Å². The minimum atomic E-state index is -4.52. The summed E-state index contributed by atoms with van der Waals surface area (Å²) >= 11 is 0. The van der Waals surface area contributed by atoms with Crippen LogP contribution in [-0.4, -0.2) is 70.7 Å². The lowest BCUT2D eigenvalue weighted by Gasteiger charge is -2.28. The summed E-state index contributed by atoms with van der Waals surface area (Å²) in [5.74, 6) is -0.325. The third-order valence-corrected chi connectivity index (χ3v) is 12.4. The first-order valence-corrected chi connectivity index (χ1v) is 26.7. The lowest BCUT2D eigenvalue weighted by Crippen LogP contribution is -2.37. The number of rotatable bonds is 48. The van der Waals surface area contributed by atoms with E-state index in [1.54, 1.807) is 0 Å². The van der Waals surface area contributed by atoms with Crippen LogP contribution in [0.1, 0.15) is 251 Å². The summed E-state index contributed by atoms with van der Waals surface area (Å²) < 4.78 is 34.7. The van der Waals surface area contributed by atoms with E-state index in [1.165, 1.54) is 199 Å². The second-order valence-electron chi connectivity index (χ2n) is 18.5. The van der Waals surface area contributed by atoms with Crippen molar-refractivity contribution in [3.8, 4) is 0 Å². The zero-order valence-corrected chi connectivity index (χ0v) is 40.4. The largest absolute Gasteiger partial charge is 0.756 e. The highest BCUT2D eigenvalue weighted by molar-refractivity contribution is 7.45. The monoisotopic (exact) mass is 846 g/mol. The van der Waals surface area contributed by atoms with E-state index in [9.17, 15) is 14.3 Å². The first-order valence-electron chi connectivity index (χ1n) is 25.3. The fourth-order valence-corrected chi connectivity index (χ4v) is 8.22. The number of carbonyl (C=O) groups is 1. The smallest absolute Gasteiger partial charge is 0.306 e. The Labute approximate surface area is 361 Å².